The molecular formula is C22H20N4O3S2. The van der Waals surface area contributed by atoms with E-state index in [1.54, 1.807) is 17.6 Å². The van der Waals surface area contributed by atoms with Crippen molar-refractivity contribution in [1.82, 2.24) is 14.3 Å². The van der Waals surface area contributed by atoms with E-state index in [1.165, 1.54) is 11.6 Å². The average Bonchev–Trinajstić information content (AvgIpc) is 3.49. The van der Waals surface area contributed by atoms with Gasteiger partial charge in [-0.3, -0.25) is 0 Å². The van der Waals surface area contributed by atoms with E-state index in [4.69, 9.17) is 0 Å². The van der Waals surface area contributed by atoms with E-state index in [0.29, 0.717) is 5.69 Å². The summed E-state index contributed by atoms with van der Waals surface area (Å²) in [5, 5.41) is 5.47. The predicted molar refractivity (Wildman–Crippen MR) is 122 cm³/mol. The maximum atomic E-state index is 12.7. The normalized spacial score (nSPS) is 13.3. The lowest BCUT2D eigenvalue weighted by Gasteiger charge is -2.16. The number of sulfonamides is 1. The fourth-order valence-corrected chi connectivity index (χ4v) is 5.98. The summed E-state index contributed by atoms with van der Waals surface area (Å²) in [6.45, 7) is 0. The largest absolute Gasteiger partial charge is 0.336 e. The molecule has 9 heteroatoms. The molecule has 3 heterocycles. The fourth-order valence-electron chi connectivity index (χ4n) is 4.08. The van der Waals surface area contributed by atoms with Crippen LogP contribution in [0.25, 0.3) is 22.2 Å². The molecule has 3 aromatic heterocycles. The van der Waals surface area contributed by atoms with Crippen LogP contribution in [0.2, 0.25) is 0 Å². The molecule has 0 radical (unpaired) electrons. The van der Waals surface area contributed by atoms with Crippen LogP contribution in [0.3, 0.4) is 0 Å². The first-order chi connectivity index (χ1) is 14.9. The molecule has 158 valence electrons. The molecule has 0 spiro atoms. The number of carbonyl (C=O) groups is 1. The number of fused-ring (bicyclic) bond motifs is 2. The summed E-state index contributed by atoms with van der Waals surface area (Å²) in [6, 6.07) is 10.4. The van der Waals surface area contributed by atoms with Crippen LogP contribution in [0, 0.1) is 0 Å². The van der Waals surface area contributed by atoms with Gasteiger partial charge in [-0.1, -0.05) is 18.2 Å². The quantitative estimate of drug-likeness (QED) is 0.483. The van der Waals surface area contributed by atoms with Crippen molar-refractivity contribution in [3.8, 4) is 11.1 Å². The maximum Gasteiger partial charge on any atom is 0.333 e. The minimum absolute atomic E-state index is 0.0971. The topological polar surface area (TPSA) is 93.1 Å². The number of hydrogen-bond donors (Lipinski definition) is 2. The first kappa shape index (κ1) is 19.8. The van der Waals surface area contributed by atoms with E-state index < -0.39 is 16.1 Å². The third-order valence-corrected chi connectivity index (χ3v) is 8.25. The van der Waals surface area contributed by atoms with Crippen LogP contribution in [0.15, 0.2) is 58.4 Å². The third-order valence-electron chi connectivity index (χ3n) is 5.53. The maximum absolute atomic E-state index is 12.7. The zero-order chi connectivity index (χ0) is 21.6. The van der Waals surface area contributed by atoms with Crippen molar-refractivity contribution in [3.63, 3.8) is 0 Å². The second-order valence-corrected chi connectivity index (χ2v) is 10.4. The van der Waals surface area contributed by atoms with Gasteiger partial charge >= 0.3 is 6.03 Å². The van der Waals surface area contributed by atoms with Crippen molar-refractivity contribution >= 4 is 44.1 Å². The number of benzene rings is 1. The minimum Gasteiger partial charge on any atom is -0.336 e. The number of nitrogens with one attached hydrogen (secondary N) is 2. The molecular weight excluding hydrogens is 432 g/mol. The van der Waals surface area contributed by atoms with Gasteiger partial charge in [-0.05, 0) is 54.0 Å². The van der Waals surface area contributed by atoms with Gasteiger partial charge in [0.1, 0.15) is 9.86 Å². The standard InChI is InChI=1S/C22H20N4O3S2/c1-26-10-9-15-12-16(13-23-21(15)26)18-8-7-14-4-2-5-17(14)20(18)24-22(27)25-31(28,29)19-6-3-11-30-19/h3,6-13H,2,4-5H2,1H3,(H2,24,25,27). The Balaban J connectivity index is 1.53. The van der Waals surface area contributed by atoms with E-state index in [-0.39, 0.29) is 4.21 Å². The van der Waals surface area contributed by atoms with Crippen molar-refractivity contribution in [1.29, 1.82) is 0 Å². The number of pyridine rings is 1. The summed E-state index contributed by atoms with van der Waals surface area (Å²) < 4.78 is 29.1. The molecule has 0 saturated carbocycles. The van der Waals surface area contributed by atoms with Crippen LogP contribution < -0.4 is 10.0 Å². The highest BCUT2D eigenvalue weighted by Crippen LogP contribution is 2.38. The predicted octanol–water partition coefficient (Wildman–Crippen LogP) is 4.30. The Morgan fingerprint density at radius 2 is 2.06 bits per heavy atom. The van der Waals surface area contributed by atoms with Gasteiger partial charge in [0.2, 0.25) is 0 Å². The van der Waals surface area contributed by atoms with Gasteiger partial charge in [-0.25, -0.2) is 22.9 Å². The van der Waals surface area contributed by atoms with Crippen molar-refractivity contribution in [2.24, 2.45) is 7.05 Å². The number of aromatic nitrogens is 2. The lowest BCUT2D eigenvalue weighted by atomic mass is 9.98. The molecule has 5 rings (SSSR count). The third kappa shape index (κ3) is 3.60. The Bertz CT molecular complexity index is 1410. The summed E-state index contributed by atoms with van der Waals surface area (Å²) in [6.07, 6.45) is 6.50. The van der Waals surface area contributed by atoms with Crippen molar-refractivity contribution < 1.29 is 13.2 Å². The van der Waals surface area contributed by atoms with Gasteiger partial charge in [-0.2, -0.15) is 0 Å². The van der Waals surface area contributed by atoms with Gasteiger partial charge in [0, 0.05) is 36.0 Å². The van der Waals surface area contributed by atoms with Crippen LogP contribution in [-0.2, 0) is 29.9 Å². The Morgan fingerprint density at radius 3 is 2.87 bits per heavy atom. The number of urea groups is 1. The molecule has 0 saturated heterocycles. The Morgan fingerprint density at radius 1 is 1.19 bits per heavy atom. The molecule has 1 aliphatic carbocycles. The molecule has 7 nitrogen and oxygen atoms in total. The number of amides is 2. The van der Waals surface area contributed by atoms with Crippen LogP contribution >= 0.6 is 11.3 Å². The van der Waals surface area contributed by atoms with E-state index in [9.17, 15) is 13.2 Å². The molecule has 0 aliphatic heterocycles. The molecule has 0 unspecified atom stereocenters. The highest BCUT2D eigenvalue weighted by molar-refractivity contribution is 7.92. The molecule has 0 atom stereocenters. The highest BCUT2D eigenvalue weighted by Gasteiger charge is 2.23. The summed E-state index contributed by atoms with van der Waals surface area (Å²) in [5.74, 6) is 0. The van der Waals surface area contributed by atoms with E-state index in [0.717, 1.165) is 58.3 Å². The molecule has 0 fully saturated rings. The number of nitrogens with zero attached hydrogens (tertiary/aromatic N) is 2. The monoisotopic (exact) mass is 452 g/mol. The minimum atomic E-state index is -3.91. The SMILES string of the molecule is Cn1ccc2cc(-c3ccc4c(c3NC(=O)NS(=O)(=O)c3cccs3)CCC4)cnc21. The van der Waals surface area contributed by atoms with E-state index in [2.05, 4.69) is 21.1 Å². The number of aryl methyl sites for hydroxylation is 2. The van der Waals surface area contributed by atoms with E-state index >= 15 is 0 Å². The fraction of sp³-hybridized carbons (Fsp3) is 0.182. The lowest BCUT2D eigenvalue weighted by molar-refractivity contribution is 0.256. The van der Waals surface area contributed by atoms with Crippen molar-refractivity contribution in [2.75, 3.05) is 5.32 Å². The first-order valence-corrected chi connectivity index (χ1v) is 12.2. The first-order valence-electron chi connectivity index (χ1n) is 9.86. The molecule has 1 aliphatic rings. The smallest absolute Gasteiger partial charge is 0.333 e. The molecule has 31 heavy (non-hydrogen) atoms. The average molecular weight is 453 g/mol. The van der Waals surface area contributed by atoms with Crippen molar-refractivity contribution in [3.05, 3.63) is 65.3 Å². The molecule has 0 bridgehead atoms. The van der Waals surface area contributed by atoms with Gasteiger partial charge in [0.05, 0.1) is 5.69 Å². The number of carbonyl (C=O) groups excluding carboxylic acids is 1. The van der Waals surface area contributed by atoms with Crippen LogP contribution in [0.5, 0.6) is 0 Å². The van der Waals surface area contributed by atoms with Gasteiger partial charge in [0.25, 0.3) is 10.0 Å². The highest BCUT2D eigenvalue weighted by atomic mass is 32.2. The molecule has 4 aromatic rings. The van der Waals surface area contributed by atoms with Crippen LogP contribution in [0.1, 0.15) is 17.5 Å². The Labute approximate surface area is 183 Å². The number of anilines is 1. The van der Waals surface area contributed by atoms with Crippen molar-refractivity contribution in [2.45, 2.75) is 23.5 Å². The van der Waals surface area contributed by atoms with Crippen LogP contribution in [-0.4, -0.2) is 24.0 Å². The summed E-state index contributed by atoms with van der Waals surface area (Å²) in [5.41, 5.74) is 5.43. The zero-order valence-corrected chi connectivity index (χ0v) is 18.4. The van der Waals surface area contributed by atoms with Crippen LogP contribution in [0.4, 0.5) is 10.5 Å². The van der Waals surface area contributed by atoms with Gasteiger partial charge in [0.15, 0.2) is 0 Å². The zero-order valence-electron chi connectivity index (χ0n) is 16.8. The molecule has 2 amide bonds. The number of hydrogen-bond acceptors (Lipinski definition) is 5. The molecule has 1 aromatic carbocycles. The number of rotatable bonds is 4. The summed E-state index contributed by atoms with van der Waals surface area (Å²) in [4.78, 5) is 17.3. The lowest BCUT2D eigenvalue weighted by Crippen LogP contribution is -2.34. The molecule has 2 N–H and O–H groups in total. The van der Waals surface area contributed by atoms with Gasteiger partial charge < -0.3 is 9.88 Å². The number of thiophene rings is 1. The summed E-state index contributed by atoms with van der Waals surface area (Å²) >= 11 is 1.06. The summed E-state index contributed by atoms with van der Waals surface area (Å²) in [7, 11) is -1.97. The second kappa shape index (κ2) is 7.51. The van der Waals surface area contributed by atoms with Gasteiger partial charge in [-0.15, -0.1) is 11.3 Å². The van der Waals surface area contributed by atoms with E-state index in [1.807, 2.05) is 36.0 Å². The second-order valence-electron chi connectivity index (χ2n) is 7.53. The Kier molecular flexibility index (Phi) is 4.79. The Hall–Kier alpha value is -3.17.